The molecule has 1 aliphatic heterocycles. The van der Waals surface area contributed by atoms with Gasteiger partial charge in [0, 0.05) is 41.1 Å². The Hall–Kier alpha value is -2.33. The largest absolute Gasteiger partial charge is 0.373 e. The topological polar surface area (TPSA) is 87.9 Å². The number of anilines is 1. The van der Waals surface area contributed by atoms with Gasteiger partial charge >= 0.3 is 0 Å². The first kappa shape index (κ1) is 21.4. The maximum absolute atomic E-state index is 12.5. The van der Waals surface area contributed by atoms with E-state index in [1.165, 1.54) is 18.4 Å². The first-order valence-electron chi connectivity index (χ1n) is 8.97. The highest BCUT2D eigenvalue weighted by atomic mass is 35.5. The van der Waals surface area contributed by atoms with Gasteiger partial charge in [-0.05, 0) is 24.3 Å². The Balaban J connectivity index is 1.54. The molecule has 1 aliphatic rings. The lowest BCUT2D eigenvalue weighted by molar-refractivity contribution is -0.474. The van der Waals surface area contributed by atoms with Gasteiger partial charge in [0.1, 0.15) is 12.7 Å². The van der Waals surface area contributed by atoms with Crippen LogP contribution in [-0.4, -0.2) is 62.6 Å². The summed E-state index contributed by atoms with van der Waals surface area (Å²) < 4.78 is 11.8. The van der Waals surface area contributed by atoms with Crippen LogP contribution in [0.4, 0.5) is 11.4 Å². The van der Waals surface area contributed by atoms with Crippen LogP contribution in [0.15, 0.2) is 36.4 Å². The van der Waals surface area contributed by atoms with E-state index in [9.17, 15) is 14.5 Å². The number of hydrogen-bond donors (Lipinski definition) is 1. The first-order chi connectivity index (χ1) is 14.0. The number of rotatable bonds is 8. The molecule has 0 radical (unpaired) electrons. The maximum Gasteiger partial charge on any atom is 0.261 e. The van der Waals surface area contributed by atoms with E-state index in [1.807, 2.05) is 0 Å². The predicted molar refractivity (Wildman–Crippen MR) is 110 cm³/mol. The standard InChI is InChI=1S/C19H20ClN3O5S/c1-27-15(10-21-19(25)16-6-7-17(20)29-16)11-23(26)14-4-2-13(3-5-14)22-8-9-28-12-18(22)24/h2-7,15H,8-12H2,1H3/p+1. The Labute approximate surface area is 176 Å². The van der Waals surface area contributed by atoms with Gasteiger partial charge in [0.15, 0.2) is 0 Å². The number of thiophene rings is 1. The molecule has 10 heteroatoms. The zero-order valence-corrected chi connectivity index (χ0v) is 17.4. The molecule has 0 aliphatic carbocycles. The number of carbonyl (C=O) groups is 2. The van der Waals surface area contributed by atoms with Gasteiger partial charge in [-0.1, -0.05) is 11.6 Å². The molecule has 2 amide bonds. The molecule has 29 heavy (non-hydrogen) atoms. The van der Waals surface area contributed by atoms with Gasteiger partial charge in [0.2, 0.25) is 6.54 Å². The lowest BCUT2D eigenvalue weighted by Crippen LogP contribution is -2.41. The highest BCUT2D eigenvalue weighted by Crippen LogP contribution is 2.22. The second-order valence-corrected chi connectivity index (χ2v) is 8.06. The summed E-state index contributed by atoms with van der Waals surface area (Å²) in [5.41, 5.74) is 1.16. The van der Waals surface area contributed by atoms with E-state index >= 15 is 0 Å². The number of hydrogen-bond acceptors (Lipinski definition) is 6. The van der Waals surface area contributed by atoms with E-state index < -0.39 is 6.10 Å². The SMILES string of the molecule is COC(CNC(=O)c1ccc(Cl)s1)C[N+](=O)c1ccc(N2CCOCC2=O)cc1. The number of amides is 2. The summed E-state index contributed by atoms with van der Waals surface area (Å²) in [7, 11) is 1.49. The lowest BCUT2D eigenvalue weighted by atomic mass is 10.2. The minimum atomic E-state index is -0.493. The third-order valence-corrected chi connectivity index (χ3v) is 5.66. The zero-order valence-electron chi connectivity index (χ0n) is 15.8. The van der Waals surface area contributed by atoms with Gasteiger partial charge in [0.25, 0.3) is 17.5 Å². The third kappa shape index (κ3) is 5.60. The van der Waals surface area contributed by atoms with Crippen molar-refractivity contribution in [2.45, 2.75) is 6.10 Å². The Morgan fingerprint density at radius 2 is 2.10 bits per heavy atom. The molecular formula is C19H21ClN3O5S+. The highest BCUT2D eigenvalue weighted by Gasteiger charge is 2.24. The molecule has 3 rings (SSSR count). The van der Waals surface area contributed by atoms with Crippen LogP contribution in [0.1, 0.15) is 9.67 Å². The van der Waals surface area contributed by atoms with Crippen LogP contribution in [0, 0.1) is 4.91 Å². The van der Waals surface area contributed by atoms with Crippen LogP contribution in [-0.2, 0) is 14.3 Å². The molecule has 1 aromatic carbocycles. The number of nitroso groups, excluding NO2 is 1. The van der Waals surface area contributed by atoms with Crippen LogP contribution in [0.3, 0.4) is 0 Å². The van der Waals surface area contributed by atoms with E-state index in [0.717, 1.165) is 10.4 Å². The molecule has 1 fully saturated rings. The van der Waals surface area contributed by atoms with Crippen molar-refractivity contribution in [3.63, 3.8) is 0 Å². The molecule has 0 bridgehead atoms. The van der Waals surface area contributed by atoms with Crippen LogP contribution in [0.2, 0.25) is 4.34 Å². The Bertz CT molecular complexity index is 886. The van der Waals surface area contributed by atoms with E-state index in [2.05, 4.69) is 5.32 Å². The second kappa shape index (κ2) is 9.93. The Morgan fingerprint density at radius 3 is 2.72 bits per heavy atom. The van der Waals surface area contributed by atoms with E-state index in [1.54, 1.807) is 41.3 Å². The summed E-state index contributed by atoms with van der Waals surface area (Å²) >= 11 is 7.02. The number of nitrogens with zero attached hydrogens (tertiary/aromatic N) is 2. The molecule has 1 aromatic heterocycles. The first-order valence-corrected chi connectivity index (χ1v) is 10.2. The molecule has 1 N–H and O–H groups in total. The minimum Gasteiger partial charge on any atom is -0.373 e. The summed E-state index contributed by atoms with van der Waals surface area (Å²) in [6.07, 6.45) is -0.493. The molecule has 2 heterocycles. The van der Waals surface area contributed by atoms with Gasteiger partial charge in [-0.3, -0.25) is 9.59 Å². The fourth-order valence-corrected chi connectivity index (χ4v) is 3.79. The van der Waals surface area contributed by atoms with Crippen LogP contribution in [0.5, 0.6) is 0 Å². The molecule has 2 aromatic rings. The van der Waals surface area contributed by atoms with Crippen molar-refractivity contribution in [1.82, 2.24) is 5.32 Å². The fraction of sp³-hybridized carbons (Fsp3) is 0.368. The van der Waals surface area contributed by atoms with Crippen LogP contribution in [0.25, 0.3) is 0 Å². The van der Waals surface area contributed by atoms with Crippen molar-refractivity contribution in [2.24, 2.45) is 0 Å². The number of benzene rings is 1. The highest BCUT2D eigenvalue weighted by molar-refractivity contribution is 7.17. The number of nitrogens with one attached hydrogen (secondary N) is 1. The van der Waals surface area contributed by atoms with Gasteiger partial charge < -0.3 is 19.7 Å². The summed E-state index contributed by atoms with van der Waals surface area (Å²) in [6, 6.07) is 10.1. The normalized spacial score (nSPS) is 15.2. The van der Waals surface area contributed by atoms with Crippen molar-refractivity contribution in [2.75, 3.05) is 44.9 Å². The van der Waals surface area contributed by atoms with Gasteiger partial charge in [-0.2, -0.15) is 0 Å². The van der Waals surface area contributed by atoms with Crippen molar-refractivity contribution in [3.05, 3.63) is 50.5 Å². The van der Waals surface area contributed by atoms with Crippen molar-refractivity contribution in [1.29, 1.82) is 0 Å². The predicted octanol–water partition coefficient (Wildman–Crippen LogP) is 2.62. The molecule has 1 unspecified atom stereocenters. The number of carbonyl (C=O) groups excluding carboxylic acids is 2. The third-order valence-electron chi connectivity index (χ3n) is 4.43. The zero-order chi connectivity index (χ0) is 20.8. The molecule has 1 atom stereocenters. The summed E-state index contributed by atoms with van der Waals surface area (Å²) in [5.74, 6) is -0.369. The van der Waals surface area contributed by atoms with Crippen LogP contribution < -0.4 is 10.2 Å². The monoisotopic (exact) mass is 438 g/mol. The molecule has 0 spiro atoms. The van der Waals surface area contributed by atoms with Crippen molar-refractivity contribution < 1.29 is 23.8 Å². The van der Waals surface area contributed by atoms with E-state index in [0.29, 0.717) is 28.1 Å². The smallest absolute Gasteiger partial charge is 0.261 e. The number of morpholine rings is 1. The molecule has 154 valence electrons. The lowest BCUT2D eigenvalue weighted by Gasteiger charge is -2.26. The quantitative estimate of drug-likeness (QED) is 0.640. The van der Waals surface area contributed by atoms with Crippen LogP contribution >= 0.6 is 22.9 Å². The summed E-state index contributed by atoms with van der Waals surface area (Å²) in [5, 5.41) is 2.74. The summed E-state index contributed by atoms with van der Waals surface area (Å²) in [4.78, 5) is 38.6. The van der Waals surface area contributed by atoms with Crippen molar-refractivity contribution >= 4 is 46.1 Å². The van der Waals surface area contributed by atoms with Gasteiger partial charge in [-0.15, -0.1) is 11.3 Å². The second-order valence-electron chi connectivity index (χ2n) is 6.35. The fourth-order valence-electron chi connectivity index (χ4n) is 2.83. The van der Waals surface area contributed by atoms with E-state index in [-0.39, 0.29) is 31.5 Å². The Morgan fingerprint density at radius 1 is 1.34 bits per heavy atom. The van der Waals surface area contributed by atoms with Gasteiger partial charge in [0.05, 0.1) is 22.4 Å². The van der Waals surface area contributed by atoms with Gasteiger partial charge in [-0.25, -0.2) is 0 Å². The minimum absolute atomic E-state index is 0.0395. The number of ether oxygens (including phenoxy) is 2. The number of methoxy groups -OCH3 is 1. The molecule has 1 saturated heterocycles. The number of halogens is 1. The average Bonchev–Trinajstić information content (AvgIpc) is 3.17. The average molecular weight is 439 g/mol. The van der Waals surface area contributed by atoms with E-state index in [4.69, 9.17) is 21.1 Å². The van der Waals surface area contributed by atoms with Crippen molar-refractivity contribution in [3.8, 4) is 0 Å². The molecule has 0 saturated carbocycles. The Kier molecular flexibility index (Phi) is 7.32. The summed E-state index contributed by atoms with van der Waals surface area (Å²) in [6.45, 7) is 1.26. The maximum atomic E-state index is 12.5. The molecule has 8 nitrogen and oxygen atoms in total. The molecular weight excluding hydrogens is 418 g/mol.